The third-order valence-corrected chi connectivity index (χ3v) is 2.91. The lowest BCUT2D eigenvalue weighted by molar-refractivity contribution is -0.119. The van der Waals surface area contributed by atoms with Gasteiger partial charge in [-0.15, -0.1) is 0 Å². The highest BCUT2D eigenvalue weighted by molar-refractivity contribution is 5.74. The molecule has 0 radical (unpaired) electrons. The van der Waals surface area contributed by atoms with Gasteiger partial charge in [0.05, 0.1) is 11.1 Å². The van der Waals surface area contributed by atoms with Crippen molar-refractivity contribution in [3.05, 3.63) is 26.4 Å². The third kappa shape index (κ3) is 2.86. The van der Waals surface area contributed by atoms with Crippen molar-refractivity contribution in [3.63, 3.8) is 0 Å². The van der Waals surface area contributed by atoms with Gasteiger partial charge in [-0.05, 0) is 19.8 Å². The first-order chi connectivity index (χ1) is 8.58. The van der Waals surface area contributed by atoms with Gasteiger partial charge in [-0.3, -0.25) is 19.1 Å². The molecule has 0 aliphatic rings. The van der Waals surface area contributed by atoms with E-state index in [1.54, 1.807) is 27.7 Å². The third-order valence-electron chi connectivity index (χ3n) is 2.91. The molecule has 1 heterocycles. The maximum Gasteiger partial charge on any atom is 0.331 e. The molecule has 0 saturated carbocycles. The van der Waals surface area contributed by atoms with Crippen LogP contribution < -0.4 is 17.0 Å². The van der Waals surface area contributed by atoms with Gasteiger partial charge in [-0.25, -0.2) is 4.79 Å². The van der Waals surface area contributed by atoms with Crippen molar-refractivity contribution in [2.45, 2.75) is 45.6 Å². The molecule has 7 nitrogen and oxygen atoms in total. The normalized spacial score (nSPS) is 11.8. The Morgan fingerprint density at radius 3 is 2.37 bits per heavy atom. The summed E-state index contributed by atoms with van der Waals surface area (Å²) in [4.78, 5) is 36.7. The van der Waals surface area contributed by atoms with Gasteiger partial charge in [-0.2, -0.15) is 0 Å². The summed E-state index contributed by atoms with van der Waals surface area (Å²) < 4.78 is 0.995. The van der Waals surface area contributed by atoms with Crippen LogP contribution in [0.15, 0.2) is 9.59 Å². The number of rotatable bonds is 4. The van der Waals surface area contributed by atoms with Gasteiger partial charge < -0.3 is 10.8 Å². The Balaban J connectivity index is 3.61. The fourth-order valence-electron chi connectivity index (χ4n) is 2.13. The van der Waals surface area contributed by atoms with E-state index in [-0.39, 0.29) is 17.9 Å². The van der Waals surface area contributed by atoms with Crippen molar-refractivity contribution in [2.75, 3.05) is 0 Å². The monoisotopic (exact) mass is 269 g/mol. The van der Waals surface area contributed by atoms with Crippen molar-refractivity contribution < 1.29 is 9.90 Å². The number of nitrogens with zero attached hydrogens (tertiary/aromatic N) is 1. The molecule has 0 fully saturated rings. The Morgan fingerprint density at radius 1 is 1.42 bits per heavy atom. The minimum Gasteiger partial charge on any atom is -0.494 e. The second kappa shape index (κ2) is 4.91. The molecule has 1 aromatic rings. The largest absolute Gasteiger partial charge is 0.494 e. The molecule has 0 bridgehead atoms. The van der Waals surface area contributed by atoms with Crippen molar-refractivity contribution in [1.29, 1.82) is 0 Å². The summed E-state index contributed by atoms with van der Waals surface area (Å²) in [5.74, 6) is -1.29. The fourth-order valence-corrected chi connectivity index (χ4v) is 2.13. The van der Waals surface area contributed by atoms with Crippen LogP contribution in [-0.4, -0.2) is 20.6 Å². The Bertz CT molecular complexity index is 610. The standard InChI is InChI=1S/C12H19N3O4/c1-6(2)8-9(17)14-11(19)15(10(8)18)12(3,4)5-7(13)16/h6,18H,5H2,1-4H3,(H2,13,16)(H,14,17,19). The molecular formula is C12H19N3O4. The van der Waals surface area contributed by atoms with Crippen LogP contribution in [0.25, 0.3) is 0 Å². The SMILES string of the molecule is CC(C)c1c(O)n(C(C)(C)CC(N)=O)c(=O)[nH]c1=O. The summed E-state index contributed by atoms with van der Waals surface area (Å²) in [5.41, 5.74) is 2.83. The number of carbonyl (C=O) groups is 1. The van der Waals surface area contributed by atoms with E-state index in [1.165, 1.54) is 0 Å². The maximum absolute atomic E-state index is 11.9. The zero-order chi connectivity index (χ0) is 15.0. The van der Waals surface area contributed by atoms with Gasteiger partial charge in [0.1, 0.15) is 0 Å². The van der Waals surface area contributed by atoms with Crippen LogP contribution in [0.3, 0.4) is 0 Å². The van der Waals surface area contributed by atoms with Crippen LogP contribution in [0.2, 0.25) is 0 Å². The van der Waals surface area contributed by atoms with Gasteiger partial charge in [0, 0.05) is 6.42 Å². The van der Waals surface area contributed by atoms with Gasteiger partial charge in [0.25, 0.3) is 5.56 Å². The first-order valence-electron chi connectivity index (χ1n) is 5.95. The summed E-state index contributed by atoms with van der Waals surface area (Å²) in [6.07, 6.45) is -0.135. The number of nitrogens with two attached hydrogens (primary N) is 1. The maximum atomic E-state index is 11.9. The lowest BCUT2D eigenvalue weighted by atomic mass is 9.98. The molecule has 0 unspecified atom stereocenters. The number of aromatic amines is 1. The van der Waals surface area contributed by atoms with Crippen LogP contribution in [0.5, 0.6) is 5.88 Å². The highest BCUT2D eigenvalue weighted by Crippen LogP contribution is 2.27. The second-order valence-corrected chi connectivity index (χ2v) is 5.44. The van der Waals surface area contributed by atoms with E-state index in [0.717, 1.165) is 4.57 Å². The zero-order valence-corrected chi connectivity index (χ0v) is 11.5. The smallest absolute Gasteiger partial charge is 0.331 e. The predicted molar refractivity (Wildman–Crippen MR) is 70.2 cm³/mol. The number of H-pyrrole nitrogens is 1. The van der Waals surface area contributed by atoms with Crippen LogP contribution >= 0.6 is 0 Å². The first-order valence-corrected chi connectivity index (χ1v) is 5.95. The molecule has 4 N–H and O–H groups in total. The van der Waals surface area contributed by atoms with Crippen molar-refractivity contribution in [1.82, 2.24) is 9.55 Å². The summed E-state index contributed by atoms with van der Waals surface area (Å²) in [6.45, 7) is 6.61. The summed E-state index contributed by atoms with van der Waals surface area (Å²) in [7, 11) is 0. The van der Waals surface area contributed by atoms with Crippen LogP contribution in [0.4, 0.5) is 0 Å². The van der Waals surface area contributed by atoms with E-state index in [9.17, 15) is 19.5 Å². The first kappa shape index (κ1) is 15.0. The number of aromatic nitrogens is 2. The molecule has 7 heteroatoms. The average molecular weight is 269 g/mol. The van der Waals surface area contributed by atoms with E-state index < -0.39 is 28.6 Å². The Morgan fingerprint density at radius 2 is 1.95 bits per heavy atom. The predicted octanol–water partition coefficient (Wildman–Crippen LogP) is -0.0239. The molecule has 19 heavy (non-hydrogen) atoms. The molecule has 0 aromatic carbocycles. The van der Waals surface area contributed by atoms with Crippen molar-refractivity contribution >= 4 is 5.91 Å². The van der Waals surface area contributed by atoms with Gasteiger partial charge in [0.2, 0.25) is 11.8 Å². The summed E-state index contributed by atoms with van der Waals surface area (Å²) in [5, 5.41) is 10.2. The van der Waals surface area contributed by atoms with Gasteiger partial charge in [-0.1, -0.05) is 13.8 Å². The molecule has 1 aromatic heterocycles. The van der Waals surface area contributed by atoms with E-state index in [1.807, 2.05) is 0 Å². The second-order valence-electron chi connectivity index (χ2n) is 5.44. The van der Waals surface area contributed by atoms with Gasteiger partial charge >= 0.3 is 5.69 Å². The molecule has 106 valence electrons. The minimum atomic E-state index is -1.03. The molecule has 1 amide bonds. The average Bonchev–Trinajstić information content (AvgIpc) is 2.11. The molecular weight excluding hydrogens is 250 g/mol. The number of nitrogens with one attached hydrogen (secondary N) is 1. The quantitative estimate of drug-likeness (QED) is 0.711. The highest BCUT2D eigenvalue weighted by atomic mass is 16.3. The van der Waals surface area contributed by atoms with Crippen molar-refractivity contribution in [3.8, 4) is 5.88 Å². The number of aromatic hydroxyl groups is 1. The van der Waals surface area contributed by atoms with Crippen LogP contribution in [0, 0.1) is 0 Å². The number of hydrogen-bond donors (Lipinski definition) is 3. The molecule has 0 spiro atoms. The van der Waals surface area contributed by atoms with E-state index in [4.69, 9.17) is 5.73 Å². The molecule has 0 aliphatic heterocycles. The fraction of sp³-hybridized carbons (Fsp3) is 0.583. The van der Waals surface area contributed by atoms with Crippen LogP contribution in [-0.2, 0) is 10.3 Å². The number of carbonyl (C=O) groups excluding carboxylic acids is 1. The van der Waals surface area contributed by atoms with Crippen molar-refractivity contribution in [2.24, 2.45) is 5.73 Å². The Labute approximate surface area is 110 Å². The highest BCUT2D eigenvalue weighted by Gasteiger charge is 2.29. The number of hydrogen-bond acceptors (Lipinski definition) is 4. The minimum absolute atomic E-state index is 0.108. The summed E-state index contributed by atoms with van der Waals surface area (Å²) >= 11 is 0. The topological polar surface area (TPSA) is 118 Å². The lowest BCUT2D eigenvalue weighted by Crippen LogP contribution is -2.43. The molecule has 0 aliphatic carbocycles. The van der Waals surface area contributed by atoms with E-state index >= 15 is 0 Å². The number of primary amides is 1. The van der Waals surface area contributed by atoms with Gasteiger partial charge in [0.15, 0.2) is 0 Å². The van der Waals surface area contributed by atoms with E-state index in [2.05, 4.69) is 4.98 Å². The van der Waals surface area contributed by atoms with E-state index in [0.29, 0.717) is 0 Å². The summed E-state index contributed by atoms with van der Waals surface area (Å²) in [6, 6.07) is 0. The Hall–Kier alpha value is -2.05. The Kier molecular flexibility index (Phi) is 3.88. The van der Waals surface area contributed by atoms with Crippen LogP contribution in [0.1, 0.15) is 45.6 Å². The molecule has 0 saturated heterocycles. The molecule has 1 rings (SSSR count). The molecule has 0 atom stereocenters. The lowest BCUT2D eigenvalue weighted by Gasteiger charge is -2.27. The number of amides is 1. The zero-order valence-electron chi connectivity index (χ0n) is 11.5.